The van der Waals surface area contributed by atoms with E-state index in [-0.39, 0.29) is 18.0 Å². The molecule has 1 aromatic rings. The summed E-state index contributed by atoms with van der Waals surface area (Å²) in [4.78, 5) is 12.9. The van der Waals surface area contributed by atoms with Crippen LogP contribution in [0.3, 0.4) is 0 Å². The molecule has 20 heavy (non-hydrogen) atoms. The predicted molar refractivity (Wildman–Crippen MR) is 69.3 cm³/mol. The Balaban J connectivity index is 3.15. The molecule has 0 aliphatic heterocycles. The van der Waals surface area contributed by atoms with E-state index in [1.54, 1.807) is 6.92 Å². The number of aliphatic hydroxyl groups excluding tert-OH is 1. The first kappa shape index (κ1) is 16.3. The number of rotatable bonds is 5. The van der Waals surface area contributed by atoms with Crippen LogP contribution in [-0.2, 0) is 17.6 Å². The number of carbonyl (C=O) groups excluding carboxylic acids is 1. The molecule has 0 saturated heterocycles. The molecule has 0 aliphatic carbocycles. The van der Waals surface area contributed by atoms with Gasteiger partial charge >= 0.3 is 6.18 Å². The van der Waals surface area contributed by atoms with E-state index in [0.717, 1.165) is 6.07 Å². The normalized spacial score (nSPS) is 11.3. The van der Waals surface area contributed by atoms with Crippen LogP contribution < -0.4 is 10.2 Å². The van der Waals surface area contributed by atoms with Gasteiger partial charge in [0, 0.05) is 19.3 Å². The number of alkyl halides is 3. The molecule has 0 unspecified atom stereocenters. The van der Waals surface area contributed by atoms with Crippen molar-refractivity contribution < 1.29 is 23.1 Å². The number of halogens is 3. The van der Waals surface area contributed by atoms with Crippen molar-refractivity contribution >= 4 is 11.6 Å². The number of aliphatic hydroxyl groups is 1. The van der Waals surface area contributed by atoms with Gasteiger partial charge in [-0.3, -0.25) is 4.79 Å². The Hall–Kier alpha value is -1.76. The second-order valence-corrected chi connectivity index (χ2v) is 4.18. The molecular weight excluding hydrogens is 273 g/mol. The highest BCUT2D eigenvalue weighted by Crippen LogP contribution is 2.34. The molecule has 0 fully saturated rings. The molecule has 0 bridgehead atoms. The molecule has 1 aromatic carbocycles. The largest absolute Gasteiger partial charge is 0.416 e. The summed E-state index contributed by atoms with van der Waals surface area (Å²) in [5.41, 5.74) is -0.772. The Labute approximate surface area is 115 Å². The number of anilines is 1. The Morgan fingerprint density at radius 2 is 2.05 bits per heavy atom. The van der Waals surface area contributed by atoms with Gasteiger partial charge in [-0.05, 0) is 24.6 Å². The SMILES string of the molecule is CCN(CC(=O)NC)c1ccc(CO)c(C(F)(F)F)c1. The zero-order valence-electron chi connectivity index (χ0n) is 11.3. The van der Waals surface area contributed by atoms with E-state index in [9.17, 15) is 18.0 Å². The number of carbonyl (C=O) groups is 1. The second-order valence-electron chi connectivity index (χ2n) is 4.18. The summed E-state index contributed by atoms with van der Waals surface area (Å²) in [5.74, 6) is -0.286. The summed E-state index contributed by atoms with van der Waals surface area (Å²) in [6.07, 6.45) is -4.54. The van der Waals surface area contributed by atoms with Crippen LogP contribution in [-0.4, -0.2) is 31.2 Å². The van der Waals surface area contributed by atoms with Crippen molar-refractivity contribution in [2.24, 2.45) is 0 Å². The molecule has 2 N–H and O–H groups in total. The first-order chi connectivity index (χ1) is 9.33. The zero-order valence-corrected chi connectivity index (χ0v) is 11.3. The predicted octanol–water partition coefficient (Wildman–Crippen LogP) is 1.77. The molecular formula is C13H17F3N2O2. The highest BCUT2D eigenvalue weighted by Gasteiger charge is 2.33. The van der Waals surface area contributed by atoms with Crippen molar-refractivity contribution in [3.8, 4) is 0 Å². The van der Waals surface area contributed by atoms with Crippen LogP contribution in [0.2, 0.25) is 0 Å². The first-order valence-corrected chi connectivity index (χ1v) is 6.10. The molecule has 0 heterocycles. The Morgan fingerprint density at radius 1 is 1.40 bits per heavy atom. The summed E-state index contributed by atoms with van der Waals surface area (Å²) in [5, 5.41) is 11.4. The average molecular weight is 290 g/mol. The lowest BCUT2D eigenvalue weighted by Crippen LogP contribution is -2.35. The molecule has 0 aromatic heterocycles. The van der Waals surface area contributed by atoms with Crippen LogP contribution in [0.4, 0.5) is 18.9 Å². The minimum Gasteiger partial charge on any atom is -0.392 e. The van der Waals surface area contributed by atoms with Gasteiger partial charge in [0.25, 0.3) is 0 Å². The van der Waals surface area contributed by atoms with Gasteiger partial charge in [0.15, 0.2) is 0 Å². The monoisotopic (exact) mass is 290 g/mol. The lowest BCUT2D eigenvalue weighted by molar-refractivity contribution is -0.138. The van der Waals surface area contributed by atoms with E-state index in [1.165, 1.54) is 24.1 Å². The Morgan fingerprint density at radius 3 is 2.50 bits per heavy atom. The van der Waals surface area contributed by atoms with E-state index >= 15 is 0 Å². The molecule has 0 spiro atoms. The third kappa shape index (κ3) is 3.86. The average Bonchev–Trinajstić information content (AvgIpc) is 2.42. The molecule has 0 atom stereocenters. The third-order valence-corrected chi connectivity index (χ3v) is 2.93. The van der Waals surface area contributed by atoms with Crippen molar-refractivity contribution in [2.75, 3.05) is 25.0 Å². The fraction of sp³-hybridized carbons (Fsp3) is 0.462. The number of hydrogen-bond donors (Lipinski definition) is 2. The molecule has 7 heteroatoms. The van der Waals surface area contributed by atoms with E-state index < -0.39 is 18.3 Å². The van der Waals surface area contributed by atoms with E-state index in [0.29, 0.717) is 12.2 Å². The molecule has 0 radical (unpaired) electrons. The summed E-state index contributed by atoms with van der Waals surface area (Å²) in [6.45, 7) is 1.43. The number of nitrogens with zero attached hydrogens (tertiary/aromatic N) is 1. The Kier molecular flexibility index (Phi) is 5.38. The lowest BCUT2D eigenvalue weighted by Gasteiger charge is -2.24. The summed E-state index contributed by atoms with van der Waals surface area (Å²) in [6, 6.07) is 3.65. The van der Waals surface area contributed by atoms with Crippen molar-refractivity contribution in [3.05, 3.63) is 29.3 Å². The first-order valence-electron chi connectivity index (χ1n) is 6.10. The quantitative estimate of drug-likeness (QED) is 0.869. The number of amides is 1. The van der Waals surface area contributed by atoms with Crippen LogP contribution >= 0.6 is 0 Å². The molecule has 1 amide bonds. The Bertz CT molecular complexity index is 475. The van der Waals surface area contributed by atoms with E-state index in [1.807, 2.05) is 0 Å². The maximum absolute atomic E-state index is 12.9. The maximum atomic E-state index is 12.9. The van der Waals surface area contributed by atoms with Gasteiger partial charge in [-0.15, -0.1) is 0 Å². The molecule has 112 valence electrons. The molecule has 4 nitrogen and oxygen atoms in total. The smallest absolute Gasteiger partial charge is 0.392 e. The minimum absolute atomic E-state index is 0.0250. The van der Waals surface area contributed by atoms with Crippen molar-refractivity contribution in [1.29, 1.82) is 0 Å². The second kappa shape index (κ2) is 6.60. The number of benzene rings is 1. The van der Waals surface area contributed by atoms with Crippen LogP contribution in [0, 0.1) is 0 Å². The van der Waals surface area contributed by atoms with Crippen molar-refractivity contribution in [1.82, 2.24) is 5.32 Å². The number of nitrogens with one attached hydrogen (secondary N) is 1. The van der Waals surface area contributed by atoms with E-state index in [2.05, 4.69) is 5.32 Å². The fourth-order valence-corrected chi connectivity index (χ4v) is 1.80. The van der Waals surface area contributed by atoms with Crippen LogP contribution in [0.25, 0.3) is 0 Å². The lowest BCUT2D eigenvalue weighted by atomic mass is 10.1. The van der Waals surface area contributed by atoms with Crippen molar-refractivity contribution in [2.45, 2.75) is 19.7 Å². The highest BCUT2D eigenvalue weighted by molar-refractivity contribution is 5.81. The summed E-state index contributed by atoms with van der Waals surface area (Å²) < 4.78 is 38.7. The summed E-state index contributed by atoms with van der Waals surface area (Å²) in [7, 11) is 1.46. The highest BCUT2D eigenvalue weighted by atomic mass is 19.4. The maximum Gasteiger partial charge on any atom is 0.416 e. The van der Waals surface area contributed by atoms with Crippen molar-refractivity contribution in [3.63, 3.8) is 0 Å². The van der Waals surface area contributed by atoms with Gasteiger partial charge in [-0.1, -0.05) is 6.07 Å². The van der Waals surface area contributed by atoms with Crippen LogP contribution in [0.1, 0.15) is 18.1 Å². The van der Waals surface area contributed by atoms with Gasteiger partial charge in [0.2, 0.25) is 5.91 Å². The van der Waals surface area contributed by atoms with Gasteiger partial charge < -0.3 is 15.3 Å². The van der Waals surface area contributed by atoms with Gasteiger partial charge in [0.1, 0.15) is 0 Å². The van der Waals surface area contributed by atoms with Gasteiger partial charge in [0.05, 0.1) is 18.7 Å². The molecule has 1 rings (SSSR count). The molecule has 0 saturated carbocycles. The fourth-order valence-electron chi connectivity index (χ4n) is 1.80. The van der Waals surface area contributed by atoms with Crippen LogP contribution in [0.5, 0.6) is 0 Å². The topological polar surface area (TPSA) is 52.6 Å². The van der Waals surface area contributed by atoms with Gasteiger partial charge in [-0.25, -0.2) is 0 Å². The van der Waals surface area contributed by atoms with E-state index in [4.69, 9.17) is 5.11 Å². The minimum atomic E-state index is -4.54. The summed E-state index contributed by atoms with van der Waals surface area (Å²) >= 11 is 0. The van der Waals surface area contributed by atoms with Gasteiger partial charge in [-0.2, -0.15) is 13.2 Å². The zero-order chi connectivity index (χ0) is 15.3. The molecule has 0 aliphatic rings. The number of likely N-dealkylation sites (N-methyl/N-ethyl adjacent to an activating group) is 2. The number of hydrogen-bond acceptors (Lipinski definition) is 3. The standard InChI is InChI=1S/C13H17F3N2O2/c1-3-18(7-12(20)17-2)10-5-4-9(8-19)11(6-10)13(14,15)16/h4-6,19H,3,7-8H2,1-2H3,(H,17,20). The van der Waals surface area contributed by atoms with Crippen LogP contribution in [0.15, 0.2) is 18.2 Å². The third-order valence-electron chi connectivity index (χ3n) is 2.93.